The Morgan fingerprint density at radius 3 is 2.18 bits per heavy atom. The highest BCUT2D eigenvalue weighted by Crippen LogP contribution is 2.35. The third-order valence-electron chi connectivity index (χ3n) is 1.48. The van der Waals surface area contributed by atoms with Gasteiger partial charge in [-0.15, -0.1) is 0 Å². The van der Waals surface area contributed by atoms with Crippen LogP contribution < -0.4 is 0 Å². The first kappa shape index (κ1) is 11.2. The molecule has 0 rings (SSSR count). The number of hydrogen-bond donors (Lipinski definition) is 2. The Labute approximate surface area is 68.0 Å². The van der Waals surface area contributed by atoms with E-state index in [1.54, 1.807) is 0 Å². The molecule has 0 aliphatic carbocycles. The van der Waals surface area contributed by atoms with Crippen molar-refractivity contribution in [3.05, 3.63) is 0 Å². The normalized spacial score (nSPS) is 12.5. The lowest BCUT2D eigenvalue weighted by Gasteiger charge is -2.04. The van der Waals surface area contributed by atoms with Crippen molar-refractivity contribution in [3.63, 3.8) is 0 Å². The first-order chi connectivity index (χ1) is 4.92. The highest BCUT2D eigenvalue weighted by Gasteiger charge is 2.11. The van der Waals surface area contributed by atoms with Crippen molar-refractivity contribution >= 4 is 7.60 Å². The van der Waals surface area contributed by atoms with E-state index in [1.807, 2.05) is 0 Å². The molecule has 0 aliphatic rings. The van der Waals surface area contributed by atoms with E-state index < -0.39 is 7.60 Å². The molecule has 0 aromatic rings. The van der Waals surface area contributed by atoms with Crippen LogP contribution in [-0.2, 0) is 4.57 Å². The van der Waals surface area contributed by atoms with Crippen molar-refractivity contribution in [1.29, 1.82) is 0 Å². The third kappa shape index (κ3) is 10.2. The van der Waals surface area contributed by atoms with E-state index in [4.69, 9.17) is 9.79 Å². The summed E-state index contributed by atoms with van der Waals surface area (Å²) in [5.74, 6) is 0.631. The van der Waals surface area contributed by atoms with Crippen molar-refractivity contribution in [1.82, 2.24) is 0 Å². The third-order valence-corrected chi connectivity index (χ3v) is 2.38. The molecule has 4 heteroatoms. The molecular weight excluding hydrogens is 163 g/mol. The summed E-state index contributed by atoms with van der Waals surface area (Å²) in [5, 5.41) is 0. The predicted molar refractivity (Wildman–Crippen MR) is 45.6 cm³/mol. The monoisotopic (exact) mass is 180 g/mol. The second-order valence-corrected chi connectivity index (χ2v) is 5.05. The number of hydrogen-bond acceptors (Lipinski definition) is 1. The van der Waals surface area contributed by atoms with Crippen LogP contribution in [0, 0.1) is 5.92 Å². The molecule has 0 heterocycles. The Kier molecular flexibility index (Phi) is 4.98. The van der Waals surface area contributed by atoms with Crippen LogP contribution in [0.3, 0.4) is 0 Å². The molecule has 0 bridgehead atoms. The molecule has 0 amide bonds. The molecule has 11 heavy (non-hydrogen) atoms. The van der Waals surface area contributed by atoms with E-state index in [1.165, 1.54) is 0 Å². The van der Waals surface area contributed by atoms with Crippen LogP contribution in [0.5, 0.6) is 0 Å². The average molecular weight is 180 g/mol. The first-order valence-corrected chi connectivity index (χ1v) is 5.76. The molecule has 0 unspecified atom stereocenters. The molecule has 0 aromatic heterocycles. The summed E-state index contributed by atoms with van der Waals surface area (Å²) in [6.45, 7) is 4.22. The summed E-state index contributed by atoms with van der Waals surface area (Å²) in [7, 11) is -3.73. The van der Waals surface area contributed by atoms with Gasteiger partial charge in [-0.25, -0.2) is 0 Å². The van der Waals surface area contributed by atoms with Crippen molar-refractivity contribution < 1.29 is 14.4 Å². The Morgan fingerprint density at radius 2 is 1.82 bits per heavy atom. The zero-order chi connectivity index (χ0) is 8.91. The standard InChI is InChI=1S/C7H17O3P/c1-7(2)5-3-4-6-11(8,9)10/h7H,3-6H2,1-2H3,(H2,8,9,10). The van der Waals surface area contributed by atoms with Crippen LogP contribution in [0.2, 0.25) is 0 Å². The topological polar surface area (TPSA) is 57.5 Å². The molecule has 3 nitrogen and oxygen atoms in total. The van der Waals surface area contributed by atoms with Gasteiger partial charge in [0.1, 0.15) is 0 Å². The number of unbranched alkanes of at least 4 members (excludes halogenated alkanes) is 1. The lowest BCUT2D eigenvalue weighted by Crippen LogP contribution is -1.91. The van der Waals surface area contributed by atoms with Crippen LogP contribution in [0.1, 0.15) is 33.1 Å². The maximum Gasteiger partial charge on any atom is 0.325 e. The van der Waals surface area contributed by atoms with E-state index in [-0.39, 0.29) is 6.16 Å². The largest absolute Gasteiger partial charge is 0.325 e. The molecule has 0 saturated heterocycles. The van der Waals surface area contributed by atoms with Crippen molar-refractivity contribution in [2.24, 2.45) is 5.92 Å². The van der Waals surface area contributed by atoms with Gasteiger partial charge in [0.15, 0.2) is 0 Å². The molecule has 0 atom stereocenters. The molecule has 0 saturated carbocycles. The lowest BCUT2D eigenvalue weighted by molar-refractivity contribution is 0.370. The molecule has 0 aromatic carbocycles. The smallest absolute Gasteiger partial charge is 0.324 e. The molecule has 0 fully saturated rings. The van der Waals surface area contributed by atoms with E-state index in [2.05, 4.69) is 13.8 Å². The zero-order valence-corrected chi connectivity index (χ0v) is 8.05. The Balaban J connectivity index is 3.22. The molecule has 0 aliphatic heterocycles. The van der Waals surface area contributed by atoms with Gasteiger partial charge < -0.3 is 9.79 Å². The van der Waals surface area contributed by atoms with Crippen LogP contribution in [-0.4, -0.2) is 15.9 Å². The Hall–Kier alpha value is 0.150. The quantitative estimate of drug-likeness (QED) is 0.502. The molecule has 0 radical (unpaired) electrons. The summed E-state index contributed by atoms with van der Waals surface area (Å²) in [6, 6.07) is 0. The van der Waals surface area contributed by atoms with E-state index in [0.717, 1.165) is 12.8 Å². The minimum absolute atomic E-state index is 0.0414. The van der Waals surface area contributed by atoms with Gasteiger partial charge in [-0.3, -0.25) is 4.57 Å². The van der Waals surface area contributed by atoms with Gasteiger partial charge in [0.25, 0.3) is 0 Å². The molecule has 2 N–H and O–H groups in total. The summed E-state index contributed by atoms with van der Waals surface area (Å²) in [4.78, 5) is 17.0. The second kappa shape index (κ2) is 4.91. The van der Waals surface area contributed by atoms with Crippen LogP contribution in [0.15, 0.2) is 0 Å². The van der Waals surface area contributed by atoms with Crippen molar-refractivity contribution in [2.45, 2.75) is 33.1 Å². The van der Waals surface area contributed by atoms with Gasteiger partial charge in [0.2, 0.25) is 0 Å². The highest BCUT2D eigenvalue weighted by atomic mass is 31.2. The fourth-order valence-corrected chi connectivity index (χ4v) is 1.51. The van der Waals surface area contributed by atoms with Crippen LogP contribution >= 0.6 is 7.60 Å². The summed E-state index contributed by atoms with van der Waals surface area (Å²) < 4.78 is 10.4. The second-order valence-electron chi connectivity index (χ2n) is 3.28. The SMILES string of the molecule is CC(C)CCCCP(=O)(O)O. The van der Waals surface area contributed by atoms with Gasteiger partial charge in [-0.05, 0) is 12.3 Å². The lowest BCUT2D eigenvalue weighted by atomic mass is 10.1. The van der Waals surface area contributed by atoms with Crippen LogP contribution in [0.25, 0.3) is 0 Å². The minimum Gasteiger partial charge on any atom is -0.324 e. The molecule has 0 spiro atoms. The van der Waals surface area contributed by atoms with Crippen molar-refractivity contribution in [2.75, 3.05) is 6.16 Å². The Morgan fingerprint density at radius 1 is 1.27 bits per heavy atom. The van der Waals surface area contributed by atoms with E-state index >= 15 is 0 Å². The van der Waals surface area contributed by atoms with Gasteiger partial charge in [0, 0.05) is 6.16 Å². The number of rotatable bonds is 5. The van der Waals surface area contributed by atoms with Gasteiger partial charge >= 0.3 is 7.60 Å². The summed E-state index contributed by atoms with van der Waals surface area (Å²) >= 11 is 0. The summed E-state index contributed by atoms with van der Waals surface area (Å²) in [5.41, 5.74) is 0. The molecular formula is C7H17O3P. The maximum atomic E-state index is 10.4. The van der Waals surface area contributed by atoms with E-state index in [9.17, 15) is 4.57 Å². The van der Waals surface area contributed by atoms with Crippen LogP contribution in [0.4, 0.5) is 0 Å². The molecule has 68 valence electrons. The van der Waals surface area contributed by atoms with Gasteiger partial charge in [-0.2, -0.15) is 0 Å². The average Bonchev–Trinajstić information content (AvgIpc) is 1.78. The van der Waals surface area contributed by atoms with Gasteiger partial charge in [0.05, 0.1) is 0 Å². The summed E-state index contributed by atoms with van der Waals surface area (Å²) in [6.07, 6.45) is 2.66. The fourth-order valence-electron chi connectivity index (χ4n) is 0.870. The zero-order valence-electron chi connectivity index (χ0n) is 7.16. The maximum absolute atomic E-state index is 10.4. The Bertz CT molecular complexity index is 139. The fraction of sp³-hybridized carbons (Fsp3) is 1.00. The van der Waals surface area contributed by atoms with E-state index in [0.29, 0.717) is 12.3 Å². The van der Waals surface area contributed by atoms with Crippen molar-refractivity contribution in [3.8, 4) is 0 Å². The highest BCUT2D eigenvalue weighted by molar-refractivity contribution is 7.51. The first-order valence-electron chi connectivity index (χ1n) is 3.96. The van der Waals surface area contributed by atoms with Gasteiger partial charge in [-0.1, -0.05) is 26.7 Å². The predicted octanol–water partition coefficient (Wildman–Crippen LogP) is 1.99. The minimum atomic E-state index is -3.73.